The normalized spacial score (nSPS) is 12.4. The van der Waals surface area contributed by atoms with Crippen LogP contribution in [0.1, 0.15) is 52.0 Å². The van der Waals surface area contributed by atoms with Gasteiger partial charge in [-0.1, -0.05) is 74.1 Å². The van der Waals surface area contributed by atoms with Gasteiger partial charge in [0.15, 0.2) is 5.65 Å². The number of nitrogens with one attached hydrogen (secondary N) is 1. The minimum absolute atomic E-state index is 0.119. The molecule has 0 saturated carbocycles. The lowest BCUT2D eigenvalue weighted by Crippen LogP contribution is -2.33. The summed E-state index contributed by atoms with van der Waals surface area (Å²) in [6, 6.07) is 18.9. The zero-order chi connectivity index (χ0) is 26.0. The van der Waals surface area contributed by atoms with Crippen LogP contribution in [0.25, 0.3) is 22.1 Å². The van der Waals surface area contributed by atoms with Crippen molar-refractivity contribution in [2.45, 2.75) is 64.2 Å². The van der Waals surface area contributed by atoms with Crippen LogP contribution in [0.2, 0.25) is 0 Å². The molecule has 2 heterocycles. The molecule has 0 spiro atoms. The molecular weight excluding hydrogens is 480 g/mol. The number of nitrogens with zero attached hydrogens (tertiary/aromatic N) is 5. The molecule has 2 aromatic heterocycles. The first-order valence-corrected chi connectivity index (χ1v) is 14.4. The number of benzene rings is 2. The summed E-state index contributed by atoms with van der Waals surface area (Å²) in [7, 11) is 0. The van der Waals surface area contributed by atoms with Crippen LogP contribution < -0.4 is 5.32 Å². The molecule has 4 rings (SSSR count). The predicted octanol–water partition coefficient (Wildman–Crippen LogP) is 5.53. The highest BCUT2D eigenvalue weighted by atomic mass is 32.2. The first-order valence-electron chi connectivity index (χ1n) is 13.4. The fraction of sp³-hybridized carbons (Fsp3) is 0.448. The molecule has 0 saturated heterocycles. The maximum absolute atomic E-state index is 12.4. The third kappa shape index (κ3) is 7.29. The molecule has 0 bridgehead atoms. The van der Waals surface area contributed by atoms with E-state index in [0.29, 0.717) is 11.6 Å². The Kier molecular flexibility index (Phi) is 9.91. The van der Waals surface area contributed by atoms with Crippen LogP contribution in [0.3, 0.4) is 0 Å². The third-order valence-electron chi connectivity index (χ3n) is 6.73. The van der Waals surface area contributed by atoms with Crippen molar-refractivity contribution in [1.29, 1.82) is 0 Å². The van der Waals surface area contributed by atoms with Crippen LogP contribution >= 0.6 is 11.8 Å². The molecule has 0 fully saturated rings. The quantitative estimate of drug-likeness (QED) is 0.175. The Labute approximate surface area is 224 Å². The number of thioether (sulfide) groups is 1. The highest BCUT2D eigenvalue weighted by molar-refractivity contribution is 7.99. The van der Waals surface area contributed by atoms with Gasteiger partial charge in [0.25, 0.3) is 0 Å². The predicted molar refractivity (Wildman–Crippen MR) is 153 cm³/mol. The van der Waals surface area contributed by atoms with E-state index in [9.17, 15) is 4.79 Å². The van der Waals surface area contributed by atoms with Gasteiger partial charge in [-0.05, 0) is 57.5 Å². The molecule has 1 amide bonds. The molecule has 0 aliphatic heterocycles. The van der Waals surface area contributed by atoms with Gasteiger partial charge in [0.05, 0.1) is 5.52 Å². The monoisotopic (exact) mass is 518 g/mol. The molecule has 0 aliphatic rings. The average molecular weight is 519 g/mol. The van der Waals surface area contributed by atoms with Crippen molar-refractivity contribution < 1.29 is 4.79 Å². The molecule has 0 aliphatic carbocycles. The largest absolute Gasteiger partial charge is 0.354 e. The van der Waals surface area contributed by atoms with E-state index in [0.717, 1.165) is 73.3 Å². The van der Waals surface area contributed by atoms with E-state index in [1.165, 1.54) is 5.56 Å². The highest BCUT2D eigenvalue weighted by Gasteiger charge is 2.15. The Balaban J connectivity index is 1.32. The second-order valence-electron chi connectivity index (χ2n) is 9.45. The van der Waals surface area contributed by atoms with Crippen molar-refractivity contribution in [3.63, 3.8) is 0 Å². The standard InChI is InChI=1S/C29H38N6OS/c1-4-34(5-2)19-11-13-22(3)30-26(36)18-12-20-37-29-31-28-27(32-33-29)24-16-9-10-17-25(24)35(28)21-23-14-7-6-8-15-23/h6-10,14-17,22H,4-5,11-13,18-21H2,1-3H3,(H,30,36). The Morgan fingerprint density at radius 1 is 1.03 bits per heavy atom. The summed E-state index contributed by atoms with van der Waals surface area (Å²) in [5.74, 6) is 0.893. The minimum atomic E-state index is 0.119. The molecule has 1 unspecified atom stereocenters. The topological polar surface area (TPSA) is 75.9 Å². The Bertz CT molecular complexity index is 1290. The van der Waals surface area contributed by atoms with E-state index in [-0.39, 0.29) is 11.9 Å². The van der Waals surface area contributed by atoms with E-state index < -0.39 is 0 Å². The smallest absolute Gasteiger partial charge is 0.220 e. The van der Waals surface area contributed by atoms with Crippen molar-refractivity contribution in [2.75, 3.05) is 25.4 Å². The second kappa shape index (κ2) is 13.5. The summed E-state index contributed by atoms with van der Waals surface area (Å²) >= 11 is 1.56. The van der Waals surface area contributed by atoms with Crippen LogP contribution in [0.5, 0.6) is 0 Å². The summed E-state index contributed by atoms with van der Waals surface area (Å²) in [6.45, 7) is 10.4. The van der Waals surface area contributed by atoms with Gasteiger partial charge in [0.2, 0.25) is 11.1 Å². The Hall–Kier alpha value is -2.97. The lowest BCUT2D eigenvalue weighted by Gasteiger charge is -2.19. The van der Waals surface area contributed by atoms with Crippen LogP contribution in [-0.4, -0.2) is 62.0 Å². The van der Waals surface area contributed by atoms with E-state index in [1.807, 2.05) is 18.2 Å². The average Bonchev–Trinajstić information content (AvgIpc) is 3.22. The number of carbonyl (C=O) groups excluding carboxylic acids is 1. The molecule has 7 nitrogen and oxygen atoms in total. The molecule has 1 atom stereocenters. The van der Waals surface area contributed by atoms with Crippen molar-refractivity contribution in [2.24, 2.45) is 0 Å². The van der Waals surface area contributed by atoms with Gasteiger partial charge in [-0.15, -0.1) is 10.2 Å². The number of rotatable bonds is 14. The van der Waals surface area contributed by atoms with Gasteiger partial charge in [-0.2, -0.15) is 0 Å². The van der Waals surface area contributed by atoms with Crippen LogP contribution in [0.15, 0.2) is 59.8 Å². The van der Waals surface area contributed by atoms with Gasteiger partial charge >= 0.3 is 0 Å². The number of fused-ring (bicyclic) bond motifs is 3. The highest BCUT2D eigenvalue weighted by Crippen LogP contribution is 2.28. The molecule has 8 heteroatoms. The SMILES string of the molecule is CCN(CC)CCCC(C)NC(=O)CCCSc1nnc2c3ccccc3n(Cc3ccccc3)c2n1. The Morgan fingerprint density at radius 3 is 2.57 bits per heavy atom. The molecule has 196 valence electrons. The molecule has 37 heavy (non-hydrogen) atoms. The van der Waals surface area contributed by atoms with Crippen LogP contribution in [0.4, 0.5) is 0 Å². The minimum Gasteiger partial charge on any atom is -0.354 e. The van der Waals surface area contributed by atoms with E-state index in [4.69, 9.17) is 4.98 Å². The van der Waals surface area contributed by atoms with Crippen molar-refractivity contribution in [3.05, 3.63) is 60.2 Å². The van der Waals surface area contributed by atoms with Crippen LogP contribution in [0, 0.1) is 0 Å². The fourth-order valence-corrected chi connectivity index (χ4v) is 5.37. The van der Waals surface area contributed by atoms with Crippen molar-refractivity contribution in [1.82, 2.24) is 30.0 Å². The van der Waals surface area contributed by atoms with E-state index in [2.05, 4.69) is 82.2 Å². The zero-order valence-corrected chi connectivity index (χ0v) is 23.0. The summed E-state index contributed by atoms with van der Waals surface area (Å²) < 4.78 is 2.22. The van der Waals surface area contributed by atoms with Gasteiger partial charge in [0, 0.05) is 30.1 Å². The van der Waals surface area contributed by atoms with E-state index in [1.54, 1.807) is 11.8 Å². The number of hydrogen-bond acceptors (Lipinski definition) is 6. The van der Waals surface area contributed by atoms with Gasteiger partial charge in [0.1, 0.15) is 5.52 Å². The number of carbonyl (C=O) groups is 1. The van der Waals surface area contributed by atoms with Crippen molar-refractivity contribution >= 4 is 39.7 Å². The number of para-hydroxylation sites is 1. The van der Waals surface area contributed by atoms with Crippen molar-refractivity contribution in [3.8, 4) is 0 Å². The first-order chi connectivity index (χ1) is 18.1. The number of hydrogen-bond donors (Lipinski definition) is 1. The summed E-state index contributed by atoms with van der Waals surface area (Å²) in [5.41, 5.74) is 3.99. The van der Waals surface area contributed by atoms with Crippen LogP contribution in [-0.2, 0) is 11.3 Å². The zero-order valence-electron chi connectivity index (χ0n) is 22.2. The van der Waals surface area contributed by atoms with E-state index >= 15 is 0 Å². The molecule has 1 N–H and O–H groups in total. The maximum Gasteiger partial charge on any atom is 0.220 e. The maximum atomic E-state index is 12.4. The first kappa shape index (κ1) is 27.1. The molecule has 4 aromatic rings. The van der Waals surface area contributed by atoms with Gasteiger partial charge in [-0.3, -0.25) is 4.79 Å². The summed E-state index contributed by atoms with van der Waals surface area (Å²) in [6.07, 6.45) is 3.40. The van der Waals surface area contributed by atoms with Gasteiger partial charge in [-0.25, -0.2) is 4.98 Å². The summed E-state index contributed by atoms with van der Waals surface area (Å²) in [5, 5.41) is 13.8. The third-order valence-corrected chi connectivity index (χ3v) is 7.65. The summed E-state index contributed by atoms with van der Waals surface area (Å²) in [4.78, 5) is 19.7. The van der Waals surface area contributed by atoms with Gasteiger partial charge < -0.3 is 14.8 Å². The second-order valence-corrected chi connectivity index (χ2v) is 10.5. The lowest BCUT2D eigenvalue weighted by molar-refractivity contribution is -0.121. The number of amides is 1. The fourth-order valence-electron chi connectivity index (χ4n) is 4.65. The lowest BCUT2D eigenvalue weighted by atomic mass is 10.1. The molecular formula is C29H38N6OS. The number of aromatic nitrogens is 4. The Morgan fingerprint density at radius 2 is 1.78 bits per heavy atom. The molecule has 0 radical (unpaired) electrons. The molecule has 2 aromatic carbocycles.